The largest absolute Gasteiger partial charge is 0.342 e. The second kappa shape index (κ2) is 2.59. The minimum atomic E-state index is 1.21. The topological polar surface area (TPSA) is 3.24 Å². The molecule has 0 saturated heterocycles. The molecule has 0 aromatic carbocycles. The van der Waals surface area contributed by atoms with Crippen LogP contribution in [-0.4, -0.2) is 11.9 Å². The summed E-state index contributed by atoms with van der Waals surface area (Å²) in [6, 6.07) is 0. The van der Waals surface area contributed by atoms with Gasteiger partial charge < -0.3 is 4.90 Å². The Kier molecular flexibility index (Phi) is 1.72. The average Bonchev–Trinajstić information content (AvgIpc) is 2.30. The zero-order valence-corrected chi connectivity index (χ0v) is 7.71. The van der Waals surface area contributed by atoms with Crippen molar-refractivity contribution < 1.29 is 0 Å². The van der Waals surface area contributed by atoms with Crippen LogP contribution in [0, 0.1) is 0 Å². The van der Waals surface area contributed by atoms with Gasteiger partial charge in [-0.3, -0.25) is 0 Å². The van der Waals surface area contributed by atoms with Gasteiger partial charge in [0.2, 0.25) is 0 Å². The number of allylic oxidation sites excluding steroid dienone is 2. The van der Waals surface area contributed by atoms with E-state index in [2.05, 4.69) is 18.5 Å². The van der Waals surface area contributed by atoms with Crippen LogP contribution in [0.25, 0.3) is 0 Å². The molecular weight excluding hydrogens is 154 g/mol. The fourth-order valence-electron chi connectivity index (χ4n) is 1.69. The molecule has 1 heterocycles. The van der Waals surface area contributed by atoms with Gasteiger partial charge in [-0.15, -0.1) is 0 Å². The van der Waals surface area contributed by atoms with E-state index in [0.29, 0.717) is 0 Å². The molecule has 60 valence electrons. The van der Waals surface area contributed by atoms with Crippen molar-refractivity contribution in [2.45, 2.75) is 25.7 Å². The van der Waals surface area contributed by atoms with Crippen LogP contribution >= 0.6 is 11.8 Å². The van der Waals surface area contributed by atoms with Crippen molar-refractivity contribution in [1.29, 1.82) is 0 Å². The number of rotatable bonds is 0. The van der Waals surface area contributed by atoms with Gasteiger partial charge in [0.15, 0.2) is 0 Å². The minimum absolute atomic E-state index is 1.21. The van der Waals surface area contributed by atoms with E-state index in [1.54, 1.807) is 4.91 Å². The monoisotopic (exact) mass is 167 g/mol. The Morgan fingerprint density at radius 1 is 1.36 bits per heavy atom. The first-order valence-electron chi connectivity index (χ1n) is 4.11. The van der Waals surface area contributed by atoms with Gasteiger partial charge in [0, 0.05) is 17.6 Å². The SMILES string of the molecule is C=C1SC2=C(CCCC2)N1C. The molecule has 0 radical (unpaired) electrons. The van der Waals surface area contributed by atoms with E-state index in [1.165, 1.54) is 36.4 Å². The first kappa shape index (κ1) is 7.29. The molecule has 0 bridgehead atoms. The summed E-state index contributed by atoms with van der Waals surface area (Å²) in [7, 11) is 2.13. The van der Waals surface area contributed by atoms with Crippen molar-refractivity contribution >= 4 is 11.8 Å². The first-order valence-corrected chi connectivity index (χ1v) is 4.93. The van der Waals surface area contributed by atoms with Crippen LogP contribution in [0.3, 0.4) is 0 Å². The summed E-state index contributed by atoms with van der Waals surface area (Å²) in [5.41, 5.74) is 1.53. The van der Waals surface area contributed by atoms with Crippen LogP contribution in [0.5, 0.6) is 0 Å². The maximum absolute atomic E-state index is 4.01. The van der Waals surface area contributed by atoms with Gasteiger partial charge in [0.25, 0.3) is 0 Å². The molecular formula is C9H13NS. The van der Waals surface area contributed by atoms with Crippen LogP contribution in [0.2, 0.25) is 0 Å². The molecule has 2 aliphatic rings. The van der Waals surface area contributed by atoms with Gasteiger partial charge in [-0.2, -0.15) is 0 Å². The van der Waals surface area contributed by atoms with E-state index in [0.717, 1.165) is 0 Å². The van der Waals surface area contributed by atoms with Gasteiger partial charge in [-0.25, -0.2) is 0 Å². The smallest absolute Gasteiger partial charge is 0.0719 e. The van der Waals surface area contributed by atoms with Crippen molar-refractivity contribution in [1.82, 2.24) is 4.90 Å². The van der Waals surface area contributed by atoms with E-state index in [-0.39, 0.29) is 0 Å². The predicted molar refractivity (Wildman–Crippen MR) is 50.0 cm³/mol. The second-order valence-electron chi connectivity index (χ2n) is 3.13. The lowest BCUT2D eigenvalue weighted by Crippen LogP contribution is -2.11. The van der Waals surface area contributed by atoms with Crippen LogP contribution < -0.4 is 0 Å². The highest BCUT2D eigenvalue weighted by Gasteiger charge is 2.25. The highest BCUT2D eigenvalue weighted by molar-refractivity contribution is 8.06. The van der Waals surface area contributed by atoms with E-state index in [1.807, 2.05) is 11.8 Å². The fourth-order valence-corrected chi connectivity index (χ4v) is 2.82. The number of thioether (sulfide) groups is 1. The third-order valence-electron chi connectivity index (χ3n) is 2.41. The molecule has 0 aromatic rings. The molecule has 2 heteroatoms. The second-order valence-corrected chi connectivity index (χ2v) is 4.30. The Labute approximate surface area is 72.2 Å². The highest BCUT2D eigenvalue weighted by atomic mass is 32.2. The van der Waals surface area contributed by atoms with Crippen LogP contribution in [0.4, 0.5) is 0 Å². The summed E-state index contributed by atoms with van der Waals surface area (Å²) in [5.74, 6) is 0. The normalized spacial score (nSPS) is 24.5. The van der Waals surface area contributed by atoms with Crippen LogP contribution in [0.1, 0.15) is 25.7 Å². The first-order chi connectivity index (χ1) is 5.29. The van der Waals surface area contributed by atoms with Gasteiger partial charge >= 0.3 is 0 Å². The Morgan fingerprint density at radius 2 is 2.09 bits per heavy atom. The molecule has 2 rings (SSSR count). The lowest BCUT2D eigenvalue weighted by Gasteiger charge is -2.19. The van der Waals surface area contributed by atoms with Gasteiger partial charge in [-0.05, 0) is 25.7 Å². The van der Waals surface area contributed by atoms with Crippen molar-refractivity contribution in [2.24, 2.45) is 0 Å². The molecule has 0 N–H and O–H groups in total. The van der Waals surface area contributed by atoms with E-state index >= 15 is 0 Å². The van der Waals surface area contributed by atoms with Crippen LogP contribution in [-0.2, 0) is 0 Å². The quantitative estimate of drug-likeness (QED) is 0.545. The molecule has 1 aliphatic carbocycles. The summed E-state index contributed by atoms with van der Waals surface area (Å²) in [6.07, 6.45) is 5.27. The Bertz CT molecular complexity index is 230. The number of hydrogen-bond donors (Lipinski definition) is 0. The Hall–Kier alpha value is -0.370. The standard InChI is InChI=1S/C9H13NS/c1-7-10(2)8-5-3-4-6-9(8)11-7/h1,3-6H2,2H3. The third-order valence-corrected chi connectivity index (χ3v) is 3.60. The summed E-state index contributed by atoms with van der Waals surface area (Å²) >= 11 is 1.87. The molecule has 0 amide bonds. The predicted octanol–water partition coefficient (Wildman–Crippen LogP) is 2.92. The summed E-state index contributed by atoms with van der Waals surface area (Å²) in [5, 5.41) is 1.21. The fraction of sp³-hybridized carbons (Fsp3) is 0.556. The lowest BCUT2D eigenvalue weighted by atomic mass is 10.0. The van der Waals surface area contributed by atoms with Gasteiger partial charge in [-0.1, -0.05) is 18.3 Å². The zero-order chi connectivity index (χ0) is 7.84. The summed E-state index contributed by atoms with van der Waals surface area (Å²) in [6.45, 7) is 4.01. The molecule has 0 fully saturated rings. The van der Waals surface area contributed by atoms with Crippen molar-refractivity contribution in [2.75, 3.05) is 7.05 Å². The van der Waals surface area contributed by atoms with Crippen molar-refractivity contribution in [3.63, 3.8) is 0 Å². The maximum Gasteiger partial charge on any atom is 0.0719 e. The zero-order valence-electron chi connectivity index (χ0n) is 6.89. The van der Waals surface area contributed by atoms with Gasteiger partial charge in [0.05, 0.1) is 5.03 Å². The molecule has 11 heavy (non-hydrogen) atoms. The highest BCUT2D eigenvalue weighted by Crippen LogP contribution is 2.45. The van der Waals surface area contributed by atoms with Crippen LogP contribution in [0.15, 0.2) is 22.2 Å². The van der Waals surface area contributed by atoms with E-state index in [9.17, 15) is 0 Å². The summed E-state index contributed by atoms with van der Waals surface area (Å²) in [4.78, 5) is 3.82. The Morgan fingerprint density at radius 3 is 2.82 bits per heavy atom. The summed E-state index contributed by atoms with van der Waals surface area (Å²) < 4.78 is 0. The van der Waals surface area contributed by atoms with E-state index in [4.69, 9.17) is 0 Å². The van der Waals surface area contributed by atoms with Gasteiger partial charge in [0.1, 0.15) is 0 Å². The number of nitrogens with zero attached hydrogens (tertiary/aromatic N) is 1. The maximum atomic E-state index is 4.01. The lowest BCUT2D eigenvalue weighted by molar-refractivity contribution is 0.501. The Balaban J connectivity index is 2.27. The molecule has 1 nitrogen and oxygen atoms in total. The van der Waals surface area contributed by atoms with Crippen molar-refractivity contribution in [3.05, 3.63) is 22.2 Å². The molecule has 0 unspecified atom stereocenters. The minimum Gasteiger partial charge on any atom is -0.342 e. The third kappa shape index (κ3) is 1.09. The van der Waals surface area contributed by atoms with Crippen molar-refractivity contribution in [3.8, 4) is 0 Å². The number of hydrogen-bond acceptors (Lipinski definition) is 2. The molecule has 0 aromatic heterocycles. The van der Waals surface area contributed by atoms with E-state index < -0.39 is 0 Å². The molecule has 0 atom stereocenters. The molecule has 0 saturated carbocycles. The molecule has 1 aliphatic heterocycles. The average molecular weight is 167 g/mol. The molecule has 0 spiro atoms.